The number of benzene rings is 1. The quantitative estimate of drug-likeness (QED) is 0.489. The summed E-state index contributed by atoms with van der Waals surface area (Å²) in [5.41, 5.74) is 1.33. The standard InChI is InChI=1S/C20H20N6O3/c1-25-17-12(19(28)26(2)20(25)29)9-10-15(24-17)18(27)21-11-5-8-16-22-13-6-3-4-7-14(13)23-16/h3-4,6-7,9-10H,5,8,11H2,1-2H3,(H,21,27)(H,22,23). The third-order valence-corrected chi connectivity index (χ3v) is 4.85. The molecule has 0 radical (unpaired) electrons. The van der Waals surface area contributed by atoms with Crippen LogP contribution in [0.25, 0.3) is 22.1 Å². The molecule has 0 unspecified atom stereocenters. The Morgan fingerprint density at radius 3 is 2.66 bits per heavy atom. The molecule has 0 bridgehead atoms. The summed E-state index contributed by atoms with van der Waals surface area (Å²) in [6.07, 6.45) is 1.41. The van der Waals surface area contributed by atoms with Crippen molar-refractivity contribution in [3.8, 4) is 0 Å². The molecule has 0 aliphatic rings. The number of nitrogens with zero attached hydrogens (tertiary/aromatic N) is 4. The number of aromatic nitrogens is 5. The van der Waals surface area contributed by atoms with Gasteiger partial charge in [0.1, 0.15) is 17.2 Å². The number of aryl methyl sites for hydroxylation is 2. The highest BCUT2D eigenvalue weighted by Gasteiger charge is 2.13. The number of carbonyl (C=O) groups excluding carboxylic acids is 1. The normalized spacial score (nSPS) is 11.2. The summed E-state index contributed by atoms with van der Waals surface area (Å²) < 4.78 is 2.27. The monoisotopic (exact) mass is 392 g/mol. The summed E-state index contributed by atoms with van der Waals surface area (Å²) in [6.45, 7) is 0.449. The smallest absolute Gasteiger partial charge is 0.332 e. The molecule has 3 heterocycles. The van der Waals surface area contributed by atoms with Crippen LogP contribution in [0.1, 0.15) is 22.7 Å². The highest BCUT2D eigenvalue weighted by Crippen LogP contribution is 2.11. The first-order chi connectivity index (χ1) is 14.0. The lowest BCUT2D eigenvalue weighted by Crippen LogP contribution is -2.37. The highest BCUT2D eigenvalue weighted by atomic mass is 16.2. The maximum atomic E-state index is 12.4. The third-order valence-electron chi connectivity index (χ3n) is 4.85. The SMILES string of the molecule is Cn1c(=O)c2ccc(C(=O)NCCCc3nc4ccccc4[nH]3)nc2n(C)c1=O. The van der Waals surface area contributed by atoms with E-state index in [4.69, 9.17) is 0 Å². The molecule has 1 amide bonds. The van der Waals surface area contributed by atoms with Crippen molar-refractivity contribution in [3.63, 3.8) is 0 Å². The van der Waals surface area contributed by atoms with E-state index in [9.17, 15) is 14.4 Å². The van der Waals surface area contributed by atoms with Gasteiger partial charge in [0, 0.05) is 27.1 Å². The number of aromatic amines is 1. The lowest BCUT2D eigenvalue weighted by atomic mass is 10.2. The number of H-pyrrole nitrogens is 1. The Hall–Kier alpha value is -3.75. The zero-order chi connectivity index (χ0) is 20.5. The lowest BCUT2D eigenvalue weighted by Gasteiger charge is -2.08. The number of hydrogen-bond acceptors (Lipinski definition) is 5. The molecule has 9 nitrogen and oxygen atoms in total. The number of rotatable bonds is 5. The van der Waals surface area contributed by atoms with Crippen LogP contribution in [0.3, 0.4) is 0 Å². The fourth-order valence-electron chi connectivity index (χ4n) is 3.25. The van der Waals surface area contributed by atoms with Gasteiger partial charge in [0.05, 0.1) is 16.4 Å². The zero-order valence-electron chi connectivity index (χ0n) is 16.1. The Kier molecular flexibility index (Phi) is 4.71. The number of pyridine rings is 1. The minimum atomic E-state index is -0.488. The first kappa shape index (κ1) is 18.6. The van der Waals surface area contributed by atoms with Gasteiger partial charge in [-0.1, -0.05) is 12.1 Å². The van der Waals surface area contributed by atoms with Crippen LogP contribution in [-0.2, 0) is 20.5 Å². The van der Waals surface area contributed by atoms with Crippen molar-refractivity contribution in [1.29, 1.82) is 0 Å². The molecule has 4 rings (SSSR count). The van der Waals surface area contributed by atoms with Gasteiger partial charge in [-0.25, -0.2) is 14.8 Å². The second kappa shape index (κ2) is 7.34. The number of hydrogen-bond donors (Lipinski definition) is 2. The van der Waals surface area contributed by atoms with E-state index >= 15 is 0 Å². The molecule has 148 valence electrons. The van der Waals surface area contributed by atoms with E-state index in [1.54, 1.807) is 0 Å². The molecule has 0 atom stereocenters. The van der Waals surface area contributed by atoms with Gasteiger partial charge in [-0.2, -0.15) is 0 Å². The number of para-hydroxylation sites is 2. The molecule has 0 aliphatic heterocycles. The van der Waals surface area contributed by atoms with E-state index in [0.717, 1.165) is 21.4 Å². The topological polar surface area (TPSA) is 115 Å². The molecule has 4 aromatic rings. The largest absolute Gasteiger partial charge is 0.351 e. The van der Waals surface area contributed by atoms with E-state index in [1.807, 2.05) is 24.3 Å². The summed E-state index contributed by atoms with van der Waals surface area (Å²) in [5, 5.41) is 3.10. The van der Waals surface area contributed by atoms with Crippen LogP contribution in [0.5, 0.6) is 0 Å². The van der Waals surface area contributed by atoms with Crippen LogP contribution in [0.4, 0.5) is 0 Å². The van der Waals surface area contributed by atoms with E-state index in [0.29, 0.717) is 19.4 Å². The first-order valence-corrected chi connectivity index (χ1v) is 9.24. The van der Waals surface area contributed by atoms with Crippen LogP contribution in [0, 0.1) is 0 Å². The second-order valence-corrected chi connectivity index (χ2v) is 6.83. The average molecular weight is 392 g/mol. The minimum absolute atomic E-state index is 0.157. The van der Waals surface area contributed by atoms with Crippen LogP contribution in [0.15, 0.2) is 46.0 Å². The van der Waals surface area contributed by atoms with Crippen LogP contribution in [0.2, 0.25) is 0 Å². The highest BCUT2D eigenvalue weighted by molar-refractivity contribution is 5.94. The van der Waals surface area contributed by atoms with Crippen molar-refractivity contribution < 1.29 is 4.79 Å². The minimum Gasteiger partial charge on any atom is -0.351 e. The number of amides is 1. The van der Waals surface area contributed by atoms with Crippen molar-refractivity contribution in [2.75, 3.05) is 6.54 Å². The molecule has 0 saturated carbocycles. The molecule has 3 aromatic heterocycles. The van der Waals surface area contributed by atoms with Gasteiger partial charge < -0.3 is 10.3 Å². The van der Waals surface area contributed by atoms with Crippen molar-refractivity contribution in [2.24, 2.45) is 14.1 Å². The molecule has 9 heteroatoms. The summed E-state index contributed by atoms with van der Waals surface area (Å²) in [4.78, 5) is 48.7. The predicted octanol–water partition coefficient (Wildman–Crippen LogP) is 0.871. The summed E-state index contributed by atoms with van der Waals surface area (Å²) in [7, 11) is 2.93. The van der Waals surface area contributed by atoms with E-state index in [2.05, 4.69) is 20.3 Å². The van der Waals surface area contributed by atoms with E-state index in [1.165, 1.54) is 30.8 Å². The van der Waals surface area contributed by atoms with Crippen molar-refractivity contribution in [1.82, 2.24) is 29.4 Å². The van der Waals surface area contributed by atoms with Crippen molar-refractivity contribution in [3.05, 3.63) is 68.8 Å². The molecular weight excluding hydrogens is 372 g/mol. The Morgan fingerprint density at radius 2 is 1.86 bits per heavy atom. The molecular formula is C20H20N6O3. The Morgan fingerprint density at radius 1 is 1.07 bits per heavy atom. The molecule has 0 spiro atoms. The van der Waals surface area contributed by atoms with Gasteiger partial charge in [-0.15, -0.1) is 0 Å². The maximum Gasteiger partial charge on any atom is 0.332 e. The molecule has 2 N–H and O–H groups in total. The molecule has 0 fully saturated rings. The van der Waals surface area contributed by atoms with E-state index < -0.39 is 11.2 Å². The van der Waals surface area contributed by atoms with Crippen molar-refractivity contribution >= 4 is 28.0 Å². The molecule has 1 aromatic carbocycles. The Bertz CT molecular complexity index is 1320. The van der Waals surface area contributed by atoms with Gasteiger partial charge in [-0.3, -0.25) is 18.7 Å². The third kappa shape index (κ3) is 3.42. The van der Waals surface area contributed by atoms with Gasteiger partial charge in [-0.05, 0) is 30.7 Å². The van der Waals surface area contributed by atoms with Gasteiger partial charge in [0.15, 0.2) is 0 Å². The number of fused-ring (bicyclic) bond motifs is 2. The molecule has 0 saturated heterocycles. The van der Waals surface area contributed by atoms with E-state index in [-0.39, 0.29) is 22.6 Å². The van der Waals surface area contributed by atoms with Crippen LogP contribution < -0.4 is 16.6 Å². The predicted molar refractivity (Wildman–Crippen MR) is 109 cm³/mol. The van der Waals surface area contributed by atoms with Crippen LogP contribution >= 0.6 is 0 Å². The molecule has 0 aliphatic carbocycles. The second-order valence-electron chi connectivity index (χ2n) is 6.83. The lowest BCUT2D eigenvalue weighted by molar-refractivity contribution is 0.0948. The summed E-state index contributed by atoms with van der Waals surface area (Å²) in [6, 6.07) is 10.8. The van der Waals surface area contributed by atoms with Gasteiger partial charge >= 0.3 is 5.69 Å². The zero-order valence-corrected chi connectivity index (χ0v) is 16.1. The fraction of sp³-hybridized carbons (Fsp3) is 0.250. The fourth-order valence-corrected chi connectivity index (χ4v) is 3.25. The average Bonchev–Trinajstić information content (AvgIpc) is 3.16. The molecule has 29 heavy (non-hydrogen) atoms. The number of imidazole rings is 1. The maximum absolute atomic E-state index is 12.4. The number of carbonyl (C=O) groups is 1. The Labute approximate surface area is 165 Å². The Balaban J connectivity index is 1.43. The summed E-state index contributed by atoms with van der Waals surface area (Å²) in [5.74, 6) is 0.514. The first-order valence-electron chi connectivity index (χ1n) is 9.24. The van der Waals surface area contributed by atoms with Gasteiger partial charge in [0.2, 0.25) is 0 Å². The van der Waals surface area contributed by atoms with Crippen LogP contribution in [-0.4, -0.2) is 36.5 Å². The van der Waals surface area contributed by atoms with Gasteiger partial charge in [0.25, 0.3) is 11.5 Å². The van der Waals surface area contributed by atoms with Crippen molar-refractivity contribution in [2.45, 2.75) is 12.8 Å². The number of nitrogens with one attached hydrogen (secondary N) is 2. The summed E-state index contributed by atoms with van der Waals surface area (Å²) >= 11 is 0.